The molecule has 0 heterocycles. The molecular formula is C14H17NO3. The van der Waals surface area contributed by atoms with Gasteiger partial charge in [-0.2, -0.15) is 0 Å². The summed E-state index contributed by atoms with van der Waals surface area (Å²) in [6.07, 6.45) is 6.52. The van der Waals surface area contributed by atoms with Crippen LogP contribution in [0.15, 0.2) is 48.2 Å². The van der Waals surface area contributed by atoms with Crippen LogP contribution in [0, 0.1) is 0 Å². The normalized spacial score (nSPS) is 11.6. The van der Waals surface area contributed by atoms with Crippen molar-refractivity contribution < 1.29 is 14.7 Å². The fourth-order valence-corrected chi connectivity index (χ4v) is 1.25. The van der Waals surface area contributed by atoms with Crippen molar-refractivity contribution in [2.24, 2.45) is 0 Å². The summed E-state index contributed by atoms with van der Waals surface area (Å²) in [6, 6.07) is 6.33. The molecule has 96 valence electrons. The number of carboxylic acid groups (broad SMARTS) is 1. The number of aromatic carboxylic acids is 1. The van der Waals surface area contributed by atoms with Crippen molar-refractivity contribution in [1.29, 1.82) is 0 Å². The number of carbonyl (C=O) groups is 1. The number of hydrogen-bond acceptors (Lipinski definition) is 3. The second-order valence-electron chi connectivity index (χ2n) is 3.61. The molecule has 0 radical (unpaired) electrons. The smallest absolute Gasteiger partial charge is 0.335 e. The zero-order valence-electron chi connectivity index (χ0n) is 10.5. The minimum Gasteiger partial charge on any atom is -0.478 e. The molecule has 4 nitrogen and oxygen atoms in total. The summed E-state index contributed by atoms with van der Waals surface area (Å²) in [6.45, 7) is 3.93. The van der Waals surface area contributed by atoms with E-state index in [0.717, 1.165) is 12.1 Å². The summed E-state index contributed by atoms with van der Waals surface area (Å²) in [5.41, 5.74) is 3.91. The molecule has 4 heteroatoms. The summed E-state index contributed by atoms with van der Waals surface area (Å²) in [4.78, 5) is 16.1. The van der Waals surface area contributed by atoms with Crippen LogP contribution in [-0.2, 0) is 0 Å². The van der Waals surface area contributed by atoms with Crippen molar-refractivity contribution in [1.82, 2.24) is 5.48 Å². The molecular weight excluding hydrogens is 230 g/mol. The Morgan fingerprint density at radius 3 is 2.89 bits per heavy atom. The number of nitrogens with one attached hydrogen (secondary N) is 1. The molecule has 0 unspecified atom stereocenters. The van der Waals surface area contributed by atoms with Gasteiger partial charge in [-0.3, -0.25) is 0 Å². The second kappa shape index (κ2) is 7.17. The number of carboxylic acids is 1. The van der Waals surface area contributed by atoms with Gasteiger partial charge >= 0.3 is 5.97 Å². The van der Waals surface area contributed by atoms with E-state index in [0.29, 0.717) is 5.75 Å². The maximum Gasteiger partial charge on any atom is 0.335 e. The molecule has 1 rings (SSSR count). The quantitative estimate of drug-likeness (QED) is 0.599. The molecule has 0 saturated heterocycles. The minimum absolute atomic E-state index is 0.199. The van der Waals surface area contributed by atoms with E-state index >= 15 is 0 Å². The maximum absolute atomic E-state index is 10.8. The highest BCUT2D eigenvalue weighted by atomic mass is 16.6. The van der Waals surface area contributed by atoms with Gasteiger partial charge in [0.2, 0.25) is 0 Å². The molecule has 0 atom stereocenters. The predicted octanol–water partition coefficient (Wildman–Crippen LogP) is 3.14. The van der Waals surface area contributed by atoms with Crippen LogP contribution in [0.4, 0.5) is 0 Å². The van der Waals surface area contributed by atoms with Crippen LogP contribution in [0.3, 0.4) is 0 Å². The van der Waals surface area contributed by atoms with Gasteiger partial charge in [-0.1, -0.05) is 25.1 Å². The fraction of sp³-hybridized carbons (Fsp3) is 0.214. The van der Waals surface area contributed by atoms with Crippen LogP contribution in [0.5, 0.6) is 5.75 Å². The van der Waals surface area contributed by atoms with Gasteiger partial charge in [0.05, 0.1) is 5.56 Å². The van der Waals surface area contributed by atoms with Crippen molar-refractivity contribution in [3.63, 3.8) is 0 Å². The molecule has 0 aliphatic rings. The van der Waals surface area contributed by atoms with Gasteiger partial charge in [0.15, 0.2) is 5.75 Å². The van der Waals surface area contributed by atoms with Gasteiger partial charge in [-0.05, 0) is 37.6 Å². The molecule has 0 aliphatic heterocycles. The van der Waals surface area contributed by atoms with E-state index < -0.39 is 5.97 Å². The number of allylic oxidation sites excluding steroid dienone is 4. The Labute approximate surface area is 107 Å². The standard InChI is InChI=1S/C14H17NO3/c1-3-5-8-12(4-2)15-18-13-9-6-7-11(10-13)14(16)17/h3,5-10,15H,4H2,1-2H3,(H,16,17)/b5-3-,12-8+. The molecule has 0 bridgehead atoms. The first-order chi connectivity index (χ1) is 8.67. The third-order valence-corrected chi connectivity index (χ3v) is 2.25. The highest BCUT2D eigenvalue weighted by Crippen LogP contribution is 2.13. The van der Waals surface area contributed by atoms with Crippen molar-refractivity contribution in [3.05, 3.63) is 53.8 Å². The number of hydroxylamine groups is 1. The lowest BCUT2D eigenvalue weighted by atomic mass is 10.2. The van der Waals surface area contributed by atoms with E-state index in [1.807, 2.05) is 32.1 Å². The van der Waals surface area contributed by atoms with Gasteiger partial charge in [-0.15, -0.1) is 0 Å². The number of benzene rings is 1. The van der Waals surface area contributed by atoms with Crippen LogP contribution < -0.4 is 10.3 Å². The Morgan fingerprint density at radius 2 is 2.28 bits per heavy atom. The lowest BCUT2D eigenvalue weighted by Gasteiger charge is -2.10. The molecule has 0 aliphatic carbocycles. The third-order valence-electron chi connectivity index (χ3n) is 2.25. The topological polar surface area (TPSA) is 58.6 Å². The van der Waals surface area contributed by atoms with E-state index in [1.54, 1.807) is 12.1 Å². The summed E-state index contributed by atoms with van der Waals surface area (Å²) in [5, 5.41) is 8.85. The highest BCUT2D eigenvalue weighted by Gasteiger charge is 2.04. The molecule has 18 heavy (non-hydrogen) atoms. The molecule has 0 fully saturated rings. The van der Waals surface area contributed by atoms with Gasteiger partial charge in [0, 0.05) is 5.70 Å². The number of hydrogen-bond donors (Lipinski definition) is 2. The largest absolute Gasteiger partial charge is 0.478 e. The summed E-state index contributed by atoms with van der Waals surface area (Å²) >= 11 is 0. The van der Waals surface area contributed by atoms with Crippen molar-refractivity contribution >= 4 is 5.97 Å². The van der Waals surface area contributed by atoms with Crippen LogP contribution in [0.2, 0.25) is 0 Å². The SMILES string of the molecule is C/C=C\C=C(/CC)NOc1cccc(C(=O)O)c1. The van der Waals surface area contributed by atoms with Gasteiger partial charge < -0.3 is 9.94 Å². The average molecular weight is 247 g/mol. The maximum atomic E-state index is 10.8. The fourth-order valence-electron chi connectivity index (χ4n) is 1.25. The zero-order valence-corrected chi connectivity index (χ0v) is 10.5. The lowest BCUT2D eigenvalue weighted by Crippen LogP contribution is -2.17. The van der Waals surface area contributed by atoms with E-state index in [2.05, 4.69) is 5.48 Å². The molecule has 0 spiro atoms. The van der Waals surface area contributed by atoms with Crippen LogP contribution in [0.25, 0.3) is 0 Å². The Balaban J connectivity index is 2.68. The summed E-state index contributed by atoms with van der Waals surface area (Å²) in [5.74, 6) is -0.504. The van der Waals surface area contributed by atoms with Gasteiger partial charge in [0.25, 0.3) is 0 Å². The first-order valence-electron chi connectivity index (χ1n) is 5.75. The Kier molecular flexibility index (Phi) is 5.51. The predicted molar refractivity (Wildman–Crippen MR) is 70.4 cm³/mol. The third kappa shape index (κ3) is 4.33. The second-order valence-corrected chi connectivity index (χ2v) is 3.61. The molecule has 1 aromatic rings. The van der Waals surface area contributed by atoms with Gasteiger partial charge in [-0.25, -0.2) is 10.3 Å². The molecule has 0 saturated carbocycles. The van der Waals surface area contributed by atoms with E-state index in [9.17, 15) is 4.79 Å². The van der Waals surface area contributed by atoms with Crippen molar-refractivity contribution in [3.8, 4) is 5.75 Å². The van der Waals surface area contributed by atoms with Crippen LogP contribution >= 0.6 is 0 Å². The van der Waals surface area contributed by atoms with Crippen molar-refractivity contribution in [2.75, 3.05) is 0 Å². The van der Waals surface area contributed by atoms with E-state index in [-0.39, 0.29) is 5.56 Å². The lowest BCUT2D eigenvalue weighted by molar-refractivity contribution is 0.0696. The Morgan fingerprint density at radius 1 is 1.50 bits per heavy atom. The first-order valence-corrected chi connectivity index (χ1v) is 5.75. The summed E-state index contributed by atoms with van der Waals surface area (Å²) < 4.78 is 0. The van der Waals surface area contributed by atoms with Crippen LogP contribution in [0.1, 0.15) is 30.6 Å². The highest BCUT2D eigenvalue weighted by molar-refractivity contribution is 5.87. The average Bonchev–Trinajstić information content (AvgIpc) is 2.39. The molecule has 0 aromatic heterocycles. The summed E-state index contributed by atoms with van der Waals surface area (Å²) in [7, 11) is 0. The Bertz CT molecular complexity index is 464. The Hall–Kier alpha value is -2.23. The van der Waals surface area contributed by atoms with Gasteiger partial charge in [0.1, 0.15) is 0 Å². The number of rotatable bonds is 6. The minimum atomic E-state index is -0.972. The molecule has 2 N–H and O–H groups in total. The monoisotopic (exact) mass is 247 g/mol. The molecule has 0 amide bonds. The van der Waals surface area contributed by atoms with E-state index in [4.69, 9.17) is 9.94 Å². The first kappa shape index (κ1) is 13.8. The van der Waals surface area contributed by atoms with Crippen LogP contribution in [-0.4, -0.2) is 11.1 Å². The molecule has 1 aromatic carbocycles. The van der Waals surface area contributed by atoms with E-state index in [1.165, 1.54) is 12.1 Å². The van der Waals surface area contributed by atoms with Crippen molar-refractivity contribution in [2.45, 2.75) is 20.3 Å². The zero-order chi connectivity index (χ0) is 13.4.